The van der Waals surface area contributed by atoms with Crippen molar-refractivity contribution in [2.24, 2.45) is 0 Å². The van der Waals surface area contributed by atoms with E-state index in [4.69, 9.17) is 14.6 Å². The number of fused-ring (bicyclic) bond motifs is 1. The number of quaternary nitrogens is 1. The second-order valence-electron chi connectivity index (χ2n) is 5.37. The molecule has 0 aliphatic heterocycles. The van der Waals surface area contributed by atoms with Crippen LogP contribution in [0.3, 0.4) is 0 Å². The number of aliphatic carboxylic acids is 1. The number of rotatable bonds is 4. The van der Waals surface area contributed by atoms with Gasteiger partial charge in [0.25, 0.3) is 0 Å². The van der Waals surface area contributed by atoms with E-state index < -0.39 is 5.97 Å². The largest absolute Gasteiger partial charge is 0.550 e. The van der Waals surface area contributed by atoms with Gasteiger partial charge in [-0.2, -0.15) is 0 Å². The summed E-state index contributed by atoms with van der Waals surface area (Å²) in [6.45, 7) is 1.81. The predicted octanol–water partition coefficient (Wildman–Crippen LogP) is 0.928. The minimum Gasteiger partial charge on any atom is -0.550 e. The molecule has 4 N–H and O–H groups in total. The van der Waals surface area contributed by atoms with E-state index in [1.165, 1.54) is 5.56 Å². The average molecular weight is 340 g/mol. The Bertz CT molecular complexity index is 852. The number of benzene rings is 2. The highest BCUT2D eigenvalue weighted by Gasteiger charge is 2.10. The van der Waals surface area contributed by atoms with Gasteiger partial charge in [0.15, 0.2) is 0 Å². The van der Waals surface area contributed by atoms with Crippen molar-refractivity contribution in [2.75, 3.05) is 6.54 Å². The van der Waals surface area contributed by atoms with Gasteiger partial charge in [-0.05, 0) is 42.8 Å². The molecule has 0 bridgehead atoms. The van der Waals surface area contributed by atoms with Gasteiger partial charge in [-0.25, -0.2) is 4.79 Å². The molecule has 1 heterocycles. The third kappa shape index (κ3) is 5.19. The lowest BCUT2D eigenvalue weighted by Gasteiger charge is -2.05. The first-order chi connectivity index (χ1) is 12.0. The fraction of sp³-hybridized carbons (Fsp3) is 0.158. The van der Waals surface area contributed by atoms with Crippen LogP contribution in [0.1, 0.15) is 22.8 Å². The van der Waals surface area contributed by atoms with E-state index in [9.17, 15) is 4.79 Å². The number of carbonyl (C=O) groups is 2. The van der Waals surface area contributed by atoms with Gasteiger partial charge in [0.2, 0.25) is 0 Å². The molecule has 3 rings (SSSR count). The predicted molar refractivity (Wildman–Crippen MR) is 91.8 cm³/mol. The highest BCUT2D eigenvalue weighted by atomic mass is 16.5. The zero-order valence-corrected chi connectivity index (χ0v) is 14.0. The Morgan fingerprint density at radius 3 is 2.48 bits per heavy atom. The van der Waals surface area contributed by atoms with Crippen molar-refractivity contribution in [2.45, 2.75) is 13.3 Å². The summed E-state index contributed by atoms with van der Waals surface area (Å²) >= 11 is 0. The van der Waals surface area contributed by atoms with E-state index in [0.717, 1.165) is 30.8 Å². The molecule has 0 amide bonds. The van der Waals surface area contributed by atoms with Crippen LogP contribution in [0.25, 0.3) is 10.9 Å². The van der Waals surface area contributed by atoms with Gasteiger partial charge in [-0.3, -0.25) is 0 Å². The van der Waals surface area contributed by atoms with E-state index in [0.29, 0.717) is 11.3 Å². The molecule has 6 nitrogen and oxygen atoms in total. The van der Waals surface area contributed by atoms with Gasteiger partial charge in [-0.1, -0.05) is 18.2 Å². The number of carboxylic acids is 1. The topological polar surface area (TPSA) is 110 Å². The zero-order valence-electron chi connectivity index (χ0n) is 14.0. The number of aromatic nitrogens is 1. The summed E-state index contributed by atoms with van der Waals surface area (Å²) in [7, 11) is 0. The van der Waals surface area contributed by atoms with Crippen LogP contribution in [0.4, 0.5) is 0 Å². The Morgan fingerprint density at radius 2 is 1.84 bits per heavy atom. The SMILES string of the molecule is CC(=O)[O-].[NH3+]CCc1c[nH]c2ccc(OC(=O)c3ccccc3)cc12. The maximum atomic E-state index is 12.1. The number of hydrogen-bond acceptors (Lipinski definition) is 4. The Kier molecular flexibility index (Phi) is 6.31. The zero-order chi connectivity index (χ0) is 18.2. The Hall–Kier alpha value is -3.12. The fourth-order valence-electron chi connectivity index (χ4n) is 2.36. The maximum Gasteiger partial charge on any atom is 0.343 e. The maximum absolute atomic E-state index is 12.1. The van der Waals surface area contributed by atoms with Crippen molar-refractivity contribution < 1.29 is 25.2 Å². The minimum atomic E-state index is -1.08. The molecule has 0 saturated carbocycles. The molecule has 3 aromatic rings. The van der Waals surface area contributed by atoms with Gasteiger partial charge < -0.3 is 25.4 Å². The van der Waals surface area contributed by atoms with Crippen LogP contribution < -0.4 is 15.6 Å². The number of carboxylic acid groups (broad SMARTS) is 1. The molecular weight excluding hydrogens is 320 g/mol. The summed E-state index contributed by atoms with van der Waals surface area (Å²) in [5.41, 5.74) is 6.66. The van der Waals surface area contributed by atoms with Crippen molar-refractivity contribution in [3.05, 3.63) is 65.9 Å². The lowest BCUT2D eigenvalue weighted by Crippen LogP contribution is -2.51. The van der Waals surface area contributed by atoms with Crippen LogP contribution in [0, 0.1) is 0 Å². The summed E-state index contributed by atoms with van der Waals surface area (Å²) in [6.07, 6.45) is 2.88. The second-order valence-corrected chi connectivity index (χ2v) is 5.37. The molecule has 6 heteroatoms. The van der Waals surface area contributed by atoms with Gasteiger partial charge in [0.05, 0.1) is 12.1 Å². The van der Waals surface area contributed by atoms with Gasteiger partial charge in [-0.15, -0.1) is 0 Å². The summed E-state index contributed by atoms with van der Waals surface area (Å²) in [4.78, 5) is 24.2. The molecule has 0 atom stereocenters. The Labute approximate surface area is 145 Å². The standard InChI is InChI=1S/C17H16N2O2.C2H4O2/c18-9-8-13-11-19-16-7-6-14(10-15(13)16)21-17(20)12-4-2-1-3-5-12;1-2(3)4/h1-7,10-11,19H,8-9,18H2;1H3,(H,3,4). The third-order valence-corrected chi connectivity index (χ3v) is 3.41. The molecule has 0 unspecified atom stereocenters. The highest BCUT2D eigenvalue weighted by Crippen LogP contribution is 2.24. The van der Waals surface area contributed by atoms with Crippen molar-refractivity contribution in [1.82, 2.24) is 4.98 Å². The number of carbonyl (C=O) groups excluding carboxylic acids is 2. The highest BCUT2D eigenvalue weighted by molar-refractivity contribution is 5.92. The van der Waals surface area contributed by atoms with Crippen molar-refractivity contribution in [1.29, 1.82) is 0 Å². The molecule has 0 fully saturated rings. The van der Waals surface area contributed by atoms with E-state index in [1.807, 2.05) is 36.5 Å². The van der Waals surface area contributed by atoms with Gasteiger partial charge in [0, 0.05) is 29.5 Å². The molecule has 130 valence electrons. The molecule has 0 aliphatic rings. The smallest absolute Gasteiger partial charge is 0.343 e. The average Bonchev–Trinajstić information content (AvgIpc) is 2.98. The van der Waals surface area contributed by atoms with E-state index in [-0.39, 0.29) is 5.97 Å². The Balaban J connectivity index is 0.000000511. The van der Waals surface area contributed by atoms with Gasteiger partial charge >= 0.3 is 5.97 Å². The number of aromatic amines is 1. The van der Waals surface area contributed by atoms with Crippen molar-refractivity contribution in [3.63, 3.8) is 0 Å². The molecule has 25 heavy (non-hydrogen) atoms. The minimum absolute atomic E-state index is 0.343. The van der Waals surface area contributed by atoms with Crippen LogP contribution in [0.5, 0.6) is 5.75 Å². The lowest BCUT2D eigenvalue weighted by molar-refractivity contribution is -0.366. The first kappa shape index (κ1) is 18.2. The summed E-state index contributed by atoms with van der Waals surface area (Å²) in [5.74, 6) is -0.870. The van der Waals surface area contributed by atoms with Crippen LogP contribution in [-0.2, 0) is 11.2 Å². The van der Waals surface area contributed by atoms with Crippen LogP contribution >= 0.6 is 0 Å². The van der Waals surface area contributed by atoms with Crippen LogP contribution in [-0.4, -0.2) is 23.5 Å². The molecule has 0 saturated heterocycles. The van der Waals surface area contributed by atoms with Gasteiger partial charge in [0.1, 0.15) is 5.75 Å². The fourth-order valence-corrected chi connectivity index (χ4v) is 2.36. The van der Waals surface area contributed by atoms with E-state index >= 15 is 0 Å². The van der Waals surface area contributed by atoms with Crippen molar-refractivity contribution in [3.8, 4) is 5.75 Å². The first-order valence-corrected chi connectivity index (χ1v) is 7.85. The normalized spacial score (nSPS) is 10.0. The van der Waals surface area contributed by atoms with Crippen LogP contribution in [0.2, 0.25) is 0 Å². The molecule has 0 aliphatic carbocycles. The first-order valence-electron chi connectivity index (χ1n) is 7.85. The number of nitrogens with one attached hydrogen (secondary N) is 1. The number of ether oxygens (including phenoxy) is 1. The molecular formula is C19H20N2O4. The number of H-pyrrole nitrogens is 1. The summed E-state index contributed by atoms with van der Waals surface area (Å²) in [6, 6.07) is 14.6. The number of esters is 1. The third-order valence-electron chi connectivity index (χ3n) is 3.41. The van der Waals surface area contributed by atoms with E-state index in [1.54, 1.807) is 18.2 Å². The molecule has 0 radical (unpaired) electrons. The molecule has 2 aromatic carbocycles. The quantitative estimate of drug-likeness (QED) is 0.544. The summed E-state index contributed by atoms with van der Waals surface area (Å²) < 4.78 is 5.44. The monoisotopic (exact) mass is 340 g/mol. The van der Waals surface area contributed by atoms with Crippen LogP contribution in [0.15, 0.2) is 54.7 Å². The Morgan fingerprint density at radius 1 is 1.16 bits per heavy atom. The molecule has 1 aromatic heterocycles. The second kappa shape index (κ2) is 8.65. The summed E-state index contributed by atoms with van der Waals surface area (Å²) in [5, 5.41) is 9.97. The van der Waals surface area contributed by atoms with Crippen molar-refractivity contribution >= 4 is 22.8 Å². The lowest BCUT2D eigenvalue weighted by atomic mass is 10.1. The van der Waals surface area contributed by atoms with E-state index in [2.05, 4.69) is 10.7 Å². The number of hydrogen-bond donors (Lipinski definition) is 2. The molecule has 0 spiro atoms.